The third kappa shape index (κ3) is 2.78. The van der Waals surface area contributed by atoms with Crippen LogP contribution in [0.15, 0.2) is 34.3 Å². The van der Waals surface area contributed by atoms with Crippen molar-refractivity contribution in [3.63, 3.8) is 0 Å². The second kappa shape index (κ2) is 5.81. The lowest BCUT2D eigenvalue weighted by Gasteiger charge is -2.32. The molecule has 1 aliphatic rings. The van der Waals surface area contributed by atoms with Gasteiger partial charge in [-0.15, -0.1) is 11.3 Å². The lowest BCUT2D eigenvalue weighted by Crippen LogP contribution is -2.44. The van der Waals surface area contributed by atoms with Crippen LogP contribution in [0.1, 0.15) is 27.9 Å². The van der Waals surface area contributed by atoms with Crippen molar-refractivity contribution in [2.75, 3.05) is 13.1 Å². The number of hydrogen-bond donors (Lipinski definition) is 1. The van der Waals surface area contributed by atoms with Gasteiger partial charge in [0.1, 0.15) is 0 Å². The highest BCUT2D eigenvalue weighted by molar-refractivity contribution is 7.10. The maximum absolute atomic E-state index is 11.8. The van der Waals surface area contributed by atoms with E-state index in [0.29, 0.717) is 18.3 Å². The van der Waals surface area contributed by atoms with E-state index in [9.17, 15) is 4.79 Å². The number of carbonyl (C=O) groups excluding carboxylic acids is 1. The second-order valence-electron chi connectivity index (χ2n) is 5.13. The third-order valence-corrected chi connectivity index (χ3v) is 4.79. The molecule has 1 N–H and O–H groups in total. The second-order valence-corrected chi connectivity index (χ2v) is 6.13. The molecule has 0 aliphatic carbocycles. The fourth-order valence-electron chi connectivity index (χ4n) is 2.51. The zero-order chi connectivity index (χ0) is 13.9. The summed E-state index contributed by atoms with van der Waals surface area (Å²) in [5.41, 5.74) is 1.44. The fraction of sp³-hybridized carbons (Fsp3) is 0.400. The maximum atomic E-state index is 11.8. The van der Waals surface area contributed by atoms with E-state index < -0.39 is 0 Å². The van der Waals surface area contributed by atoms with Crippen LogP contribution in [0.25, 0.3) is 0 Å². The number of rotatable bonds is 4. The van der Waals surface area contributed by atoms with Crippen molar-refractivity contribution in [1.29, 1.82) is 0 Å². The molecule has 0 bridgehead atoms. The summed E-state index contributed by atoms with van der Waals surface area (Å²) in [5, 5.41) is 5.09. The Morgan fingerprint density at radius 3 is 3.25 bits per heavy atom. The van der Waals surface area contributed by atoms with E-state index in [2.05, 4.69) is 28.6 Å². The van der Waals surface area contributed by atoms with Gasteiger partial charge in [-0.05, 0) is 42.5 Å². The molecule has 20 heavy (non-hydrogen) atoms. The van der Waals surface area contributed by atoms with Crippen LogP contribution in [0.5, 0.6) is 0 Å². The molecule has 5 heteroatoms. The van der Waals surface area contributed by atoms with Gasteiger partial charge < -0.3 is 9.73 Å². The molecule has 3 rings (SSSR count). The Balaban J connectivity index is 1.53. The first-order valence-electron chi connectivity index (χ1n) is 6.85. The van der Waals surface area contributed by atoms with Gasteiger partial charge in [0.15, 0.2) is 5.76 Å². The molecule has 0 radical (unpaired) electrons. The molecule has 0 unspecified atom stereocenters. The van der Waals surface area contributed by atoms with Gasteiger partial charge in [0.25, 0.3) is 5.91 Å². The molecule has 0 spiro atoms. The molecule has 0 saturated heterocycles. The van der Waals surface area contributed by atoms with E-state index in [4.69, 9.17) is 4.42 Å². The van der Waals surface area contributed by atoms with Crippen LogP contribution in [0.2, 0.25) is 0 Å². The Bertz CT molecular complexity index is 576. The average Bonchev–Trinajstić information content (AvgIpc) is 3.13. The lowest BCUT2D eigenvalue weighted by atomic mass is 10.1. The average molecular weight is 290 g/mol. The van der Waals surface area contributed by atoms with Crippen molar-refractivity contribution in [3.05, 3.63) is 46.0 Å². The van der Waals surface area contributed by atoms with Gasteiger partial charge in [0.05, 0.1) is 6.26 Å². The van der Waals surface area contributed by atoms with Crippen molar-refractivity contribution in [2.24, 2.45) is 0 Å². The maximum Gasteiger partial charge on any atom is 0.287 e. The number of furan rings is 1. The summed E-state index contributed by atoms with van der Waals surface area (Å²) < 4.78 is 5.08. The van der Waals surface area contributed by atoms with Gasteiger partial charge in [0.2, 0.25) is 0 Å². The van der Waals surface area contributed by atoms with Gasteiger partial charge >= 0.3 is 0 Å². The molecule has 1 aliphatic heterocycles. The van der Waals surface area contributed by atoms with E-state index >= 15 is 0 Å². The minimum atomic E-state index is -0.143. The van der Waals surface area contributed by atoms with Gasteiger partial charge in [-0.1, -0.05) is 0 Å². The summed E-state index contributed by atoms with van der Waals surface area (Å²) >= 11 is 1.85. The van der Waals surface area contributed by atoms with Crippen molar-refractivity contribution < 1.29 is 9.21 Å². The van der Waals surface area contributed by atoms with Gasteiger partial charge in [0, 0.05) is 30.6 Å². The van der Waals surface area contributed by atoms with Crippen molar-refractivity contribution >= 4 is 17.2 Å². The van der Waals surface area contributed by atoms with E-state index in [-0.39, 0.29) is 5.91 Å². The minimum absolute atomic E-state index is 0.143. The Morgan fingerprint density at radius 1 is 1.55 bits per heavy atom. The fourth-order valence-corrected chi connectivity index (χ4v) is 3.40. The van der Waals surface area contributed by atoms with E-state index in [1.807, 2.05) is 11.3 Å². The normalized spacial score (nSPS) is 16.6. The molecular formula is C15H18N2O2S. The smallest absolute Gasteiger partial charge is 0.287 e. The summed E-state index contributed by atoms with van der Waals surface area (Å²) in [7, 11) is 0. The van der Waals surface area contributed by atoms with Crippen LogP contribution >= 0.6 is 11.3 Å². The standard InChI is InChI=1S/C15H18N2O2S/c1-11(9-16-15(18)13-3-2-7-19-13)17-6-4-14-12(10-17)5-8-20-14/h2-3,5,7-8,11H,4,6,9-10H2,1H3,(H,16,18)/t11-/m1/s1. The van der Waals surface area contributed by atoms with Gasteiger partial charge in [-0.2, -0.15) is 0 Å². The monoisotopic (exact) mass is 290 g/mol. The minimum Gasteiger partial charge on any atom is -0.459 e. The lowest BCUT2D eigenvalue weighted by molar-refractivity contribution is 0.0905. The van der Waals surface area contributed by atoms with Crippen LogP contribution in [0.4, 0.5) is 0 Å². The molecule has 0 fully saturated rings. The van der Waals surface area contributed by atoms with Crippen molar-refractivity contribution in [2.45, 2.75) is 25.9 Å². The van der Waals surface area contributed by atoms with Gasteiger partial charge in [-0.25, -0.2) is 0 Å². The van der Waals surface area contributed by atoms with Gasteiger partial charge in [-0.3, -0.25) is 9.69 Å². The van der Waals surface area contributed by atoms with Crippen LogP contribution in [-0.2, 0) is 13.0 Å². The summed E-state index contributed by atoms with van der Waals surface area (Å²) in [6.45, 7) is 4.83. The van der Waals surface area contributed by atoms with Crippen molar-refractivity contribution in [3.8, 4) is 0 Å². The molecular weight excluding hydrogens is 272 g/mol. The molecule has 2 aromatic rings. The predicted molar refractivity (Wildman–Crippen MR) is 78.9 cm³/mol. The Kier molecular flexibility index (Phi) is 3.89. The highest BCUT2D eigenvalue weighted by atomic mass is 32.1. The summed E-state index contributed by atoms with van der Waals surface area (Å²) in [6, 6.07) is 5.93. The number of fused-ring (bicyclic) bond motifs is 1. The summed E-state index contributed by atoms with van der Waals surface area (Å²) in [5.74, 6) is 0.228. The van der Waals surface area contributed by atoms with Crippen molar-refractivity contribution in [1.82, 2.24) is 10.2 Å². The Hall–Kier alpha value is -1.59. The number of thiophene rings is 1. The molecule has 4 nitrogen and oxygen atoms in total. The Morgan fingerprint density at radius 2 is 2.45 bits per heavy atom. The SMILES string of the molecule is C[C@H](CNC(=O)c1ccco1)N1CCc2sccc2C1. The van der Waals surface area contributed by atoms with Crippen LogP contribution < -0.4 is 5.32 Å². The molecule has 2 aromatic heterocycles. The number of nitrogens with one attached hydrogen (secondary N) is 1. The molecule has 0 saturated carbocycles. The summed E-state index contributed by atoms with van der Waals surface area (Å²) in [4.78, 5) is 15.7. The molecule has 3 heterocycles. The zero-order valence-corrected chi connectivity index (χ0v) is 12.3. The van der Waals surface area contributed by atoms with Crippen LogP contribution in [0.3, 0.4) is 0 Å². The largest absolute Gasteiger partial charge is 0.459 e. The highest BCUT2D eigenvalue weighted by Crippen LogP contribution is 2.24. The number of nitrogens with zero attached hydrogens (tertiary/aromatic N) is 1. The number of carbonyl (C=O) groups is 1. The van der Waals surface area contributed by atoms with E-state index in [1.165, 1.54) is 16.7 Å². The molecule has 0 aromatic carbocycles. The Labute approximate surface area is 122 Å². The van der Waals surface area contributed by atoms with E-state index in [1.54, 1.807) is 12.1 Å². The molecule has 1 amide bonds. The quantitative estimate of drug-likeness (QED) is 0.941. The molecule has 1 atom stereocenters. The predicted octanol–water partition coefficient (Wildman–Crippen LogP) is 2.52. The highest BCUT2D eigenvalue weighted by Gasteiger charge is 2.22. The zero-order valence-electron chi connectivity index (χ0n) is 11.5. The van der Waals surface area contributed by atoms with E-state index in [0.717, 1.165) is 19.5 Å². The van der Waals surface area contributed by atoms with Crippen LogP contribution in [-0.4, -0.2) is 29.9 Å². The first kappa shape index (κ1) is 13.4. The third-order valence-electron chi connectivity index (χ3n) is 3.76. The topological polar surface area (TPSA) is 45.5 Å². The number of amides is 1. The first-order valence-corrected chi connectivity index (χ1v) is 7.73. The van der Waals surface area contributed by atoms with Crippen LogP contribution in [0, 0.1) is 0 Å². The summed E-state index contributed by atoms with van der Waals surface area (Å²) in [6.07, 6.45) is 2.63. The first-order chi connectivity index (χ1) is 9.74. The molecule has 106 valence electrons. The number of hydrogen-bond acceptors (Lipinski definition) is 4.